The van der Waals surface area contributed by atoms with Crippen molar-refractivity contribution in [2.45, 2.75) is 24.7 Å². The second-order valence-electron chi connectivity index (χ2n) is 7.73. The van der Waals surface area contributed by atoms with Crippen LogP contribution in [0.5, 0.6) is 0 Å². The average Bonchev–Trinajstić information content (AvgIpc) is 3.28. The molecule has 7 nitrogen and oxygen atoms in total. The van der Waals surface area contributed by atoms with Crippen molar-refractivity contribution in [2.75, 3.05) is 12.4 Å². The second-order valence-corrected chi connectivity index (χ2v) is 10.8. The molecule has 0 spiro atoms. The zero-order valence-corrected chi connectivity index (χ0v) is 20.2. The first kappa shape index (κ1) is 25.5. The normalized spacial score (nSPS) is 20.5. The summed E-state index contributed by atoms with van der Waals surface area (Å²) in [6, 6.07) is 5.53. The molecule has 1 amide bonds. The number of hydrogen-bond acceptors (Lipinski definition) is 5. The molecule has 0 bridgehead atoms. The summed E-state index contributed by atoms with van der Waals surface area (Å²) in [5, 5.41) is 4.02. The first-order valence-electron chi connectivity index (χ1n) is 9.98. The van der Waals surface area contributed by atoms with Gasteiger partial charge < -0.3 is 5.32 Å². The highest BCUT2D eigenvalue weighted by molar-refractivity contribution is 7.87. The van der Waals surface area contributed by atoms with Gasteiger partial charge in [0.15, 0.2) is 0 Å². The van der Waals surface area contributed by atoms with Crippen LogP contribution in [-0.4, -0.2) is 36.7 Å². The minimum atomic E-state index is -4.56. The summed E-state index contributed by atoms with van der Waals surface area (Å²) in [5.74, 6) is -1.29. The van der Waals surface area contributed by atoms with Crippen LogP contribution >= 0.6 is 22.9 Å². The molecule has 186 valence electrons. The Kier molecular flexibility index (Phi) is 6.90. The van der Waals surface area contributed by atoms with E-state index in [2.05, 4.69) is 15.0 Å². The van der Waals surface area contributed by atoms with Crippen LogP contribution in [0.4, 0.5) is 23.2 Å². The molecule has 0 saturated carbocycles. The fourth-order valence-corrected chi connectivity index (χ4v) is 6.02. The third-order valence-electron chi connectivity index (χ3n) is 5.41. The lowest BCUT2D eigenvalue weighted by Gasteiger charge is -2.35. The number of thiophene rings is 1. The van der Waals surface area contributed by atoms with Gasteiger partial charge in [0.25, 0.3) is 10.2 Å². The summed E-state index contributed by atoms with van der Waals surface area (Å²) in [6.45, 7) is 0. The van der Waals surface area contributed by atoms with Crippen molar-refractivity contribution in [3.05, 3.63) is 69.4 Å². The van der Waals surface area contributed by atoms with Crippen LogP contribution in [0.1, 0.15) is 23.0 Å². The minimum Gasteiger partial charge on any atom is -0.325 e. The fourth-order valence-electron chi connectivity index (χ4n) is 3.52. The van der Waals surface area contributed by atoms with E-state index in [-0.39, 0.29) is 17.1 Å². The van der Waals surface area contributed by atoms with Crippen LogP contribution in [0.15, 0.2) is 48.0 Å². The van der Waals surface area contributed by atoms with Crippen LogP contribution in [0.25, 0.3) is 11.1 Å². The lowest BCUT2D eigenvalue weighted by atomic mass is 10.0. The van der Waals surface area contributed by atoms with Crippen molar-refractivity contribution in [1.29, 1.82) is 0 Å². The van der Waals surface area contributed by atoms with Gasteiger partial charge in [0.05, 0.1) is 11.1 Å². The number of likely N-dealkylation sites (N-methyl/N-ethyl adjacent to an activating group) is 1. The molecule has 1 fully saturated rings. The number of carbonyl (C=O) groups is 1. The Morgan fingerprint density at radius 3 is 2.60 bits per heavy atom. The van der Waals surface area contributed by atoms with Crippen molar-refractivity contribution in [3.63, 3.8) is 0 Å². The number of hydrogen-bond donors (Lipinski definition) is 2. The number of halogens is 5. The Labute approximate surface area is 206 Å². The number of pyridine rings is 1. The molecule has 3 heterocycles. The van der Waals surface area contributed by atoms with E-state index in [4.69, 9.17) is 11.6 Å². The van der Waals surface area contributed by atoms with Gasteiger partial charge in [-0.1, -0.05) is 17.7 Å². The number of aromatic nitrogens is 1. The van der Waals surface area contributed by atoms with E-state index in [1.807, 2.05) is 0 Å². The number of nitrogens with zero attached hydrogens (tertiary/aromatic N) is 2. The highest BCUT2D eigenvalue weighted by Crippen LogP contribution is 2.36. The van der Waals surface area contributed by atoms with Gasteiger partial charge in [0, 0.05) is 29.4 Å². The highest BCUT2D eigenvalue weighted by Gasteiger charge is 2.41. The number of amides is 1. The fraction of sp³-hybridized carbons (Fsp3) is 0.238. The van der Waals surface area contributed by atoms with Crippen LogP contribution in [0.3, 0.4) is 0 Å². The number of carbonyl (C=O) groups excluding carboxylic acids is 1. The second kappa shape index (κ2) is 9.47. The molecule has 1 saturated heterocycles. The quantitative estimate of drug-likeness (QED) is 0.457. The SMILES string of the molecule is CN1[C@@H](C(=O)Nc2ccc(F)c(Cl)c2)C[C@@H](c2cc(-c3ccc(C(F)(F)F)nc3)cs2)NS1(=O)=O. The Balaban J connectivity index is 1.55. The summed E-state index contributed by atoms with van der Waals surface area (Å²) < 4.78 is 80.5. The van der Waals surface area contributed by atoms with E-state index < -0.39 is 45.9 Å². The standard InChI is InChI=1S/C21H17ClF4N4O3S2/c1-30-17(20(31)28-13-3-4-15(23)14(22)7-13)8-16(29-35(30,32)33)18-6-12(10-34-18)11-2-5-19(27-9-11)21(24,25)26/h2-7,9-10,16-17,29H,8H2,1H3,(H,28,31)/t16-,17+/m0/s1. The molecule has 14 heteroatoms. The van der Waals surface area contributed by atoms with Gasteiger partial charge in [0.2, 0.25) is 5.91 Å². The Morgan fingerprint density at radius 2 is 1.97 bits per heavy atom. The summed E-state index contributed by atoms with van der Waals surface area (Å²) in [4.78, 5) is 16.9. The molecule has 2 aromatic heterocycles. The van der Waals surface area contributed by atoms with E-state index >= 15 is 0 Å². The number of anilines is 1. The number of nitrogens with one attached hydrogen (secondary N) is 2. The largest absolute Gasteiger partial charge is 0.433 e. The van der Waals surface area contributed by atoms with Gasteiger partial charge in [-0.2, -0.15) is 30.6 Å². The number of rotatable bonds is 4. The molecule has 2 N–H and O–H groups in total. The van der Waals surface area contributed by atoms with Crippen molar-refractivity contribution in [2.24, 2.45) is 0 Å². The molecule has 0 aliphatic carbocycles. The van der Waals surface area contributed by atoms with Gasteiger partial charge >= 0.3 is 6.18 Å². The lowest BCUT2D eigenvalue weighted by molar-refractivity contribution is -0.141. The molecular formula is C21H17ClF4N4O3S2. The first-order chi connectivity index (χ1) is 16.3. The van der Waals surface area contributed by atoms with Gasteiger partial charge in [-0.25, -0.2) is 4.39 Å². The van der Waals surface area contributed by atoms with E-state index in [0.717, 1.165) is 22.6 Å². The highest BCUT2D eigenvalue weighted by atomic mass is 35.5. The molecule has 1 aliphatic heterocycles. The predicted molar refractivity (Wildman–Crippen MR) is 124 cm³/mol. The van der Waals surface area contributed by atoms with Gasteiger partial charge in [0.1, 0.15) is 17.6 Å². The lowest BCUT2D eigenvalue weighted by Crippen LogP contribution is -2.55. The maximum Gasteiger partial charge on any atom is 0.433 e. The van der Waals surface area contributed by atoms with Gasteiger partial charge in [-0.05, 0) is 47.7 Å². The van der Waals surface area contributed by atoms with E-state index in [1.165, 1.54) is 36.6 Å². The molecule has 3 aromatic rings. The Bertz CT molecular complexity index is 1360. The van der Waals surface area contributed by atoms with Crippen LogP contribution in [-0.2, 0) is 21.2 Å². The van der Waals surface area contributed by atoms with Gasteiger partial charge in [-0.15, -0.1) is 11.3 Å². The smallest absolute Gasteiger partial charge is 0.325 e. The average molecular weight is 549 g/mol. The van der Waals surface area contributed by atoms with E-state index in [9.17, 15) is 30.8 Å². The zero-order chi connectivity index (χ0) is 25.5. The third kappa shape index (κ3) is 5.48. The van der Waals surface area contributed by atoms with Crippen molar-refractivity contribution in [1.82, 2.24) is 14.0 Å². The van der Waals surface area contributed by atoms with Crippen molar-refractivity contribution >= 4 is 44.7 Å². The molecule has 4 rings (SSSR count). The Morgan fingerprint density at radius 1 is 1.23 bits per heavy atom. The summed E-state index contributed by atoms with van der Waals surface area (Å²) in [6.07, 6.45) is -3.39. The molecule has 1 aromatic carbocycles. The molecule has 0 radical (unpaired) electrons. The summed E-state index contributed by atoms with van der Waals surface area (Å²) in [5.41, 5.74) is 0.177. The maximum atomic E-state index is 13.4. The topological polar surface area (TPSA) is 91.4 Å². The van der Waals surface area contributed by atoms with Crippen molar-refractivity contribution < 1.29 is 30.8 Å². The molecule has 0 unspecified atom stereocenters. The number of benzene rings is 1. The molecule has 2 atom stereocenters. The minimum absolute atomic E-state index is 0.0711. The van der Waals surface area contributed by atoms with E-state index in [0.29, 0.717) is 16.0 Å². The summed E-state index contributed by atoms with van der Waals surface area (Å²) >= 11 is 6.94. The number of alkyl halides is 3. The third-order valence-corrected chi connectivity index (χ3v) is 8.34. The predicted octanol–water partition coefficient (Wildman–Crippen LogP) is 4.84. The zero-order valence-electron chi connectivity index (χ0n) is 17.8. The molecule has 1 aliphatic rings. The van der Waals surface area contributed by atoms with Crippen LogP contribution in [0, 0.1) is 5.82 Å². The van der Waals surface area contributed by atoms with Crippen LogP contribution in [0.2, 0.25) is 5.02 Å². The molecular weight excluding hydrogens is 532 g/mol. The molecule has 35 heavy (non-hydrogen) atoms. The van der Waals surface area contributed by atoms with E-state index in [1.54, 1.807) is 11.4 Å². The van der Waals surface area contributed by atoms with Crippen molar-refractivity contribution in [3.8, 4) is 11.1 Å². The Hall–Kier alpha value is -2.58. The van der Waals surface area contributed by atoms with Gasteiger partial charge in [-0.3, -0.25) is 9.78 Å². The first-order valence-corrected chi connectivity index (χ1v) is 12.7. The van der Waals surface area contributed by atoms with Crippen LogP contribution < -0.4 is 10.0 Å². The monoisotopic (exact) mass is 548 g/mol. The summed E-state index contributed by atoms with van der Waals surface area (Å²) in [7, 11) is -2.77. The maximum absolute atomic E-state index is 13.4.